The third-order valence-electron chi connectivity index (χ3n) is 3.58. The van der Waals surface area contributed by atoms with Crippen LogP contribution in [0.4, 0.5) is 0 Å². The minimum absolute atomic E-state index is 0. The molecule has 1 aromatic rings. The van der Waals surface area contributed by atoms with Crippen molar-refractivity contribution in [3.05, 3.63) is 24.8 Å². The summed E-state index contributed by atoms with van der Waals surface area (Å²) in [4.78, 5) is 2.57. The molecule has 1 aliphatic heterocycles. The number of hydrogen-bond donors (Lipinski definition) is 2. The van der Waals surface area contributed by atoms with Gasteiger partial charge in [-0.25, -0.2) is 0 Å². The molecule has 1 atom stereocenters. The van der Waals surface area contributed by atoms with Crippen LogP contribution < -0.4 is 5.32 Å². The Kier molecular flexibility index (Phi) is 11.2. The molecule has 1 saturated heterocycles. The number of benzene rings is 1. The summed E-state index contributed by atoms with van der Waals surface area (Å²) in [6.07, 6.45) is 2.36. The zero-order valence-electron chi connectivity index (χ0n) is 11.9. The fraction of sp³-hybridized carbons (Fsp3) is 0.571. The molecule has 0 bridgehead atoms. The van der Waals surface area contributed by atoms with Crippen LogP contribution in [0.15, 0.2) is 12.1 Å². The van der Waals surface area contributed by atoms with Crippen molar-refractivity contribution in [3.63, 3.8) is 0 Å². The van der Waals surface area contributed by atoms with E-state index in [1.54, 1.807) is 0 Å². The van der Waals surface area contributed by atoms with Gasteiger partial charge in [0, 0.05) is 32.2 Å². The lowest BCUT2D eigenvalue weighted by Crippen LogP contribution is -2.45. The van der Waals surface area contributed by atoms with E-state index in [2.05, 4.69) is 74.5 Å². The van der Waals surface area contributed by atoms with Gasteiger partial charge < -0.3 is 10.4 Å². The number of halogens is 4. The maximum absolute atomic E-state index is 9.91. The molecule has 7 heteroatoms. The third-order valence-corrected chi connectivity index (χ3v) is 5.22. The molecule has 0 aliphatic carbocycles. The van der Waals surface area contributed by atoms with Crippen molar-refractivity contribution in [1.82, 2.24) is 10.2 Å². The first kappa shape index (κ1) is 22.0. The van der Waals surface area contributed by atoms with Crippen LogP contribution in [0.2, 0.25) is 0 Å². The van der Waals surface area contributed by atoms with Crippen molar-refractivity contribution in [2.45, 2.75) is 25.8 Å². The Morgan fingerprint density at radius 1 is 1.19 bits per heavy atom. The summed E-state index contributed by atoms with van der Waals surface area (Å²) in [5, 5.41) is 13.3. The highest BCUT2D eigenvalue weighted by atomic mass is 127. The molecule has 2 rings (SSSR count). The van der Waals surface area contributed by atoms with Gasteiger partial charge in [0.2, 0.25) is 0 Å². The normalized spacial score (nSPS) is 16.7. The molecule has 0 radical (unpaired) electrons. The lowest BCUT2D eigenvalue weighted by atomic mass is 10.00. The second-order valence-electron chi connectivity index (χ2n) is 4.92. The Morgan fingerprint density at radius 2 is 1.71 bits per heavy atom. The predicted molar refractivity (Wildman–Crippen MR) is 110 cm³/mol. The van der Waals surface area contributed by atoms with Gasteiger partial charge in [-0.05, 0) is 69.3 Å². The fourth-order valence-electron chi connectivity index (χ4n) is 2.60. The first-order chi connectivity index (χ1) is 9.13. The second-order valence-corrected chi connectivity index (χ2v) is 7.25. The number of nitrogens with zero attached hydrogens (tertiary/aromatic N) is 1. The quantitative estimate of drug-likeness (QED) is 0.544. The number of aromatic hydroxyl groups is 1. The number of hydrogen-bond acceptors (Lipinski definition) is 3. The lowest BCUT2D eigenvalue weighted by Gasteiger charge is -2.35. The van der Waals surface area contributed by atoms with Crippen LogP contribution in [-0.4, -0.2) is 36.2 Å². The maximum atomic E-state index is 9.91. The SMILES string of the molecule is CCC[C@@H](c1cc(I)c(O)c(I)c1)N1CCNCC1.Cl.Cl. The Balaban J connectivity index is 0.00000200. The van der Waals surface area contributed by atoms with Gasteiger partial charge in [0.25, 0.3) is 0 Å². The Bertz CT molecular complexity index is 420. The molecule has 1 aliphatic rings. The van der Waals surface area contributed by atoms with Crippen molar-refractivity contribution in [1.29, 1.82) is 0 Å². The van der Waals surface area contributed by atoms with E-state index in [4.69, 9.17) is 0 Å². The lowest BCUT2D eigenvalue weighted by molar-refractivity contribution is 0.164. The van der Waals surface area contributed by atoms with E-state index in [0.717, 1.165) is 33.3 Å². The van der Waals surface area contributed by atoms with Crippen LogP contribution in [0.25, 0.3) is 0 Å². The Labute approximate surface area is 166 Å². The molecule has 3 nitrogen and oxygen atoms in total. The zero-order chi connectivity index (χ0) is 13.8. The monoisotopic (exact) mass is 558 g/mol. The first-order valence-corrected chi connectivity index (χ1v) is 8.92. The molecule has 0 spiro atoms. The molecule has 1 fully saturated rings. The van der Waals surface area contributed by atoms with Crippen LogP contribution in [0.5, 0.6) is 5.75 Å². The number of piperazine rings is 1. The summed E-state index contributed by atoms with van der Waals surface area (Å²) in [6.45, 7) is 6.61. The smallest absolute Gasteiger partial charge is 0.142 e. The highest BCUT2D eigenvalue weighted by Gasteiger charge is 2.22. The van der Waals surface area contributed by atoms with Gasteiger partial charge in [0.05, 0.1) is 7.14 Å². The molecular weight excluding hydrogens is 537 g/mol. The van der Waals surface area contributed by atoms with E-state index in [1.165, 1.54) is 18.4 Å². The summed E-state index contributed by atoms with van der Waals surface area (Å²) < 4.78 is 1.91. The molecule has 2 N–H and O–H groups in total. The molecule has 21 heavy (non-hydrogen) atoms. The standard InChI is InChI=1S/C14H20I2N2O.2ClH/c1-2-3-13(18-6-4-17-5-7-18)10-8-11(15)14(19)12(16)9-10;;/h8-9,13,17,19H,2-7H2,1H3;2*1H/t13-;;/m0../s1. The largest absolute Gasteiger partial charge is 0.506 e. The number of phenolic OH excluding ortho intramolecular Hbond substituents is 1. The van der Waals surface area contributed by atoms with Gasteiger partial charge in [-0.1, -0.05) is 13.3 Å². The second kappa shape index (κ2) is 10.7. The van der Waals surface area contributed by atoms with Crippen molar-refractivity contribution in [3.8, 4) is 5.75 Å². The predicted octanol–water partition coefficient (Wildman–Crippen LogP) is 4.19. The van der Waals surface area contributed by atoms with Crippen LogP contribution in [0.1, 0.15) is 31.4 Å². The summed E-state index contributed by atoms with van der Waals surface area (Å²) in [5.74, 6) is 0.417. The van der Waals surface area contributed by atoms with E-state index >= 15 is 0 Å². The maximum Gasteiger partial charge on any atom is 0.142 e. The summed E-state index contributed by atoms with van der Waals surface area (Å²) >= 11 is 4.45. The average molecular weight is 559 g/mol. The topological polar surface area (TPSA) is 35.5 Å². The molecule has 1 heterocycles. The molecule has 0 unspecified atom stereocenters. The molecule has 122 valence electrons. The van der Waals surface area contributed by atoms with Gasteiger partial charge in [-0.3, -0.25) is 4.90 Å². The molecular formula is C14H22Cl2I2N2O. The van der Waals surface area contributed by atoms with E-state index in [1.807, 2.05) is 0 Å². The highest BCUT2D eigenvalue weighted by Crippen LogP contribution is 2.33. The van der Waals surface area contributed by atoms with Gasteiger partial charge in [-0.2, -0.15) is 0 Å². The van der Waals surface area contributed by atoms with E-state index in [9.17, 15) is 5.11 Å². The van der Waals surface area contributed by atoms with Gasteiger partial charge in [0.15, 0.2) is 0 Å². The Morgan fingerprint density at radius 3 is 2.19 bits per heavy atom. The zero-order valence-corrected chi connectivity index (χ0v) is 17.9. The molecule has 0 amide bonds. The Hall–Kier alpha value is 0.980. The summed E-state index contributed by atoms with van der Waals surface area (Å²) in [7, 11) is 0. The van der Waals surface area contributed by atoms with Gasteiger partial charge in [0.1, 0.15) is 5.75 Å². The van der Waals surface area contributed by atoms with Gasteiger partial charge in [-0.15, -0.1) is 24.8 Å². The van der Waals surface area contributed by atoms with E-state index < -0.39 is 0 Å². The van der Waals surface area contributed by atoms with Crippen molar-refractivity contribution in [2.24, 2.45) is 0 Å². The minimum Gasteiger partial charge on any atom is -0.506 e. The fourth-order valence-corrected chi connectivity index (χ4v) is 4.42. The molecule has 0 saturated carbocycles. The first-order valence-electron chi connectivity index (χ1n) is 6.76. The minimum atomic E-state index is 0. The van der Waals surface area contributed by atoms with Crippen molar-refractivity contribution in [2.75, 3.05) is 26.2 Å². The number of nitrogens with one attached hydrogen (secondary N) is 1. The summed E-state index contributed by atoms with van der Waals surface area (Å²) in [5.41, 5.74) is 1.34. The van der Waals surface area contributed by atoms with Crippen LogP contribution in [0.3, 0.4) is 0 Å². The number of rotatable bonds is 4. The average Bonchev–Trinajstić information content (AvgIpc) is 2.42. The summed E-state index contributed by atoms with van der Waals surface area (Å²) in [6, 6.07) is 4.76. The highest BCUT2D eigenvalue weighted by molar-refractivity contribution is 14.1. The van der Waals surface area contributed by atoms with E-state index in [0.29, 0.717) is 11.8 Å². The molecule has 0 aromatic heterocycles. The number of phenols is 1. The van der Waals surface area contributed by atoms with Crippen LogP contribution >= 0.6 is 70.0 Å². The van der Waals surface area contributed by atoms with E-state index in [-0.39, 0.29) is 24.8 Å². The molecule has 1 aromatic carbocycles. The van der Waals surface area contributed by atoms with Crippen molar-refractivity contribution < 1.29 is 5.11 Å². The van der Waals surface area contributed by atoms with Crippen LogP contribution in [0, 0.1) is 7.14 Å². The third kappa shape index (κ3) is 5.84. The van der Waals surface area contributed by atoms with Crippen molar-refractivity contribution >= 4 is 70.0 Å². The van der Waals surface area contributed by atoms with Crippen LogP contribution in [-0.2, 0) is 0 Å². The van der Waals surface area contributed by atoms with Gasteiger partial charge >= 0.3 is 0 Å².